The Morgan fingerprint density at radius 3 is 1.93 bits per heavy atom. The molecule has 0 spiro atoms. The van der Waals surface area contributed by atoms with Crippen LogP contribution in [0.15, 0.2) is 114 Å². The lowest BCUT2D eigenvalue weighted by Crippen LogP contribution is -2.54. The second kappa shape index (κ2) is 15.0. The van der Waals surface area contributed by atoms with E-state index in [1.165, 1.54) is 23.1 Å². The minimum Gasteiger partial charge on any atom is -0.352 e. The van der Waals surface area contributed by atoms with E-state index in [4.69, 9.17) is 0 Å². The first-order valence-corrected chi connectivity index (χ1v) is 16.5. The summed E-state index contributed by atoms with van der Waals surface area (Å²) in [6.07, 6.45) is 0.147. The fraction of sp³-hybridized carbons (Fsp3) is 0.278. The molecule has 4 aromatic rings. The Kier molecular flexibility index (Phi) is 11.1. The van der Waals surface area contributed by atoms with Gasteiger partial charge < -0.3 is 10.2 Å². The summed E-state index contributed by atoms with van der Waals surface area (Å²) in [6.45, 7) is 6.86. The number of hydrogen-bond acceptors (Lipinski definition) is 4. The fourth-order valence-electron chi connectivity index (χ4n) is 5.02. The zero-order valence-corrected chi connectivity index (χ0v) is 26.9. The lowest BCUT2D eigenvalue weighted by Gasteiger charge is -2.34. The lowest BCUT2D eigenvalue weighted by molar-refractivity contribution is -0.140. The van der Waals surface area contributed by atoms with Gasteiger partial charge in [0.2, 0.25) is 11.8 Å². The number of nitrogens with one attached hydrogen (secondary N) is 1. The Hall–Kier alpha value is -4.50. The summed E-state index contributed by atoms with van der Waals surface area (Å²) in [5, 5.41) is 2.90. The second-order valence-corrected chi connectivity index (χ2v) is 13.4. The molecule has 4 aromatic carbocycles. The van der Waals surface area contributed by atoms with E-state index in [1.54, 1.807) is 48.5 Å². The van der Waals surface area contributed by atoms with Crippen LogP contribution in [0, 0.1) is 5.82 Å². The van der Waals surface area contributed by atoms with Crippen LogP contribution in [0.4, 0.5) is 10.1 Å². The van der Waals surface area contributed by atoms with Crippen molar-refractivity contribution in [3.8, 4) is 0 Å². The van der Waals surface area contributed by atoms with Crippen LogP contribution in [-0.2, 0) is 32.6 Å². The summed E-state index contributed by atoms with van der Waals surface area (Å²) in [5.74, 6) is -1.38. The fourth-order valence-corrected chi connectivity index (χ4v) is 6.45. The van der Waals surface area contributed by atoms with E-state index in [2.05, 4.69) is 5.32 Å². The summed E-state index contributed by atoms with van der Waals surface area (Å²) >= 11 is 0. The molecule has 7 nitrogen and oxygen atoms in total. The third-order valence-corrected chi connectivity index (χ3v) is 9.25. The molecule has 4 rings (SSSR count). The number of nitrogens with zero attached hydrogens (tertiary/aromatic N) is 2. The van der Waals surface area contributed by atoms with Crippen molar-refractivity contribution in [3.05, 3.63) is 132 Å². The molecule has 9 heteroatoms. The third kappa shape index (κ3) is 8.57. The average Bonchev–Trinajstić information content (AvgIpc) is 3.02. The van der Waals surface area contributed by atoms with Gasteiger partial charge in [0.25, 0.3) is 10.0 Å². The number of carbonyl (C=O) groups is 2. The summed E-state index contributed by atoms with van der Waals surface area (Å²) < 4.78 is 44.2. The molecule has 0 aliphatic rings. The maximum atomic E-state index is 15.0. The molecule has 2 amide bonds. The first-order chi connectivity index (χ1) is 21.5. The van der Waals surface area contributed by atoms with Gasteiger partial charge in [0.05, 0.1) is 10.6 Å². The van der Waals surface area contributed by atoms with E-state index in [0.717, 1.165) is 15.4 Å². The number of carbonyl (C=O) groups excluding carboxylic acids is 2. The van der Waals surface area contributed by atoms with Gasteiger partial charge in [0, 0.05) is 24.6 Å². The summed E-state index contributed by atoms with van der Waals surface area (Å²) in [5.41, 5.74) is 2.32. The molecule has 0 aliphatic heterocycles. The van der Waals surface area contributed by atoms with Crippen LogP contribution >= 0.6 is 0 Å². The van der Waals surface area contributed by atoms with Crippen LogP contribution in [0.2, 0.25) is 0 Å². The van der Waals surface area contributed by atoms with Crippen molar-refractivity contribution in [1.82, 2.24) is 10.2 Å². The summed E-state index contributed by atoms with van der Waals surface area (Å²) in [6, 6.07) is 28.9. The summed E-state index contributed by atoms with van der Waals surface area (Å²) in [7, 11) is -4.21. The Labute approximate surface area is 265 Å². The van der Waals surface area contributed by atoms with Crippen molar-refractivity contribution in [1.29, 1.82) is 0 Å². The standard InChI is InChI=1S/C36H40FN3O4S/c1-26(2)29-19-21-31(22-20-29)40(45(43,44)32-16-9-6-10-17-32)25-35(41)39(24-30-15-11-12-18-33(30)37)34(36(42)38-27(3)4)23-28-13-7-5-8-14-28/h5-22,26-27,34H,23-25H2,1-4H3,(H,38,42)/t34-/m0/s1. The topological polar surface area (TPSA) is 86.8 Å². The van der Waals surface area contributed by atoms with Gasteiger partial charge in [-0.15, -0.1) is 0 Å². The van der Waals surface area contributed by atoms with Crippen molar-refractivity contribution in [2.45, 2.75) is 63.6 Å². The summed E-state index contributed by atoms with van der Waals surface area (Å²) in [4.78, 5) is 29.5. The molecule has 0 saturated carbocycles. The zero-order chi connectivity index (χ0) is 32.6. The quantitative estimate of drug-likeness (QED) is 0.188. The van der Waals surface area contributed by atoms with Gasteiger partial charge in [-0.1, -0.05) is 92.7 Å². The maximum Gasteiger partial charge on any atom is 0.264 e. The third-order valence-electron chi connectivity index (χ3n) is 7.46. The number of amides is 2. The smallest absolute Gasteiger partial charge is 0.264 e. The van der Waals surface area contributed by atoms with Gasteiger partial charge in [-0.05, 0) is 61.2 Å². The molecule has 0 unspecified atom stereocenters. The highest BCUT2D eigenvalue weighted by molar-refractivity contribution is 7.92. The van der Waals surface area contributed by atoms with Crippen LogP contribution in [0.3, 0.4) is 0 Å². The minimum absolute atomic E-state index is 0.0183. The van der Waals surface area contributed by atoms with Crippen molar-refractivity contribution < 1.29 is 22.4 Å². The van der Waals surface area contributed by atoms with Gasteiger partial charge >= 0.3 is 0 Å². The van der Waals surface area contributed by atoms with Crippen molar-refractivity contribution >= 4 is 27.5 Å². The SMILES string of the molecule is CC(C)NC(=O)[C@H](Cc1ccccc1)N(Cc1ccccc1F)C(=O)CN(c1ccc(C(C)C)cc1)S(=O)(=O)c1ccccc1. The molecule has 0 heterocycles. The van der Waals surface area contributed by atoms with E-state index >= 15 is 4.39 Å². The van der Waals surface area contributed by atoms with Crippen LogP contribution < -0.4 is 9.62 Å². The van der Waals surface area contributed by atoms with Crippen LogP contribution in [0.1, 0.15) is 50.3 Å². The van der Waals surface area contributed by atoms with Gasteiger partial charge in [-0.2, -0.15) is 0 Å². The monoisotopic (exact) mass is 629 g/mol. The average molecular weight is 630 g/mol. The number of halogens is 1. The molecule has 0 fully saturated rings. The molecule has 0 radical (unpaired) electrons. The van der Waals surface area contributed by atoms with Gasteiger partial charge in [-0.3, -0.25) is 13.9 Å². The van der Waals surface area contributed by atoms with E-state index < -0.39 is 40.2 Å². The molecule has 0 aromatic heterocycles. The maximum absolute atomic E-state index is 15.0. The van der Waals surface area contributed by atoms with Crippen LogP contribution in [0.5, 0.6) is 0 Å². The Bertz CT molecular complexity index is 1680. The van der Waals surface area contributed by atoms with Crippen LogP contribution in [-0.4, -0.2) is 43.8 Å². The molecular formula is C36H40FN3O4S. The Morgan fingerprint density at radius 2 is 1.36 bits per heavy atom. The molecule has 1 N–H and O–H groups in total. The number of rotatable bonds is 13. The predicted molar refractivity (Wildman–Crippen MR) is 176 cm³/mol. The number of sulfonamides is 1. The minimum atomic E-state index is -4.21. The highest BCUT2D eigenvalue weighted by atomic mass is 32.2. The highest BCUT2D eigenvalue weighted by Crippen LogP contribution is 2.27. The van der Waals surface area contributed by atoms with Crippen molar-refractivity contribution in [2.75, 3.05) is 10.8 Å². The van der Waals surface area contributed by atoms with Gasteiger partial charge in [-0.25, -0.2) is 12.8 Å². The van der Waals surface area contributed by atoms with Crippen LogP contribution in [0.25, 0.3) is 0 Å². The van der Waals surface area contributed by atoms with Gasteiger partial charge in [0.15, 0.2) is 0 Å². The molecule has 45 heavy (non-hydrogen) atoms. The Balaban J connectivity index is 1.81. The number of benzene rings is 4. The van der Waals surface area contributed by atoms with Crippen molar-refractivity contribution in [3.63, 3.8) is 0 Å². The Morgan fingerprint density at radius 1 is 0.778 bits per heavy atom. The van der Waals surface area contributed by atoms with E-state index in [-0.39, 0.29) is 35.4 Å². The normalized spacial score (nSPS) is 12.2. The first-order valence-electron chi connectivity index (χ1n) is 15.0. The number of anilines is 1. The van der Waals surface area contributed by atoms with E-state index in [0.29, 0.717) is 5.69 Å². The largest absolute Gasteiger partial charge is 0.352 e. The first kappa shape index (κ1) is 33.4. The predicted octanol–water partition coefficient (Wildman–Crippen LogP) is 6.31. The number of hydrogen-bond donors (Lipinski definition) is 1. The van der Waals surface area contributed by atoms with Gasteiger partial charge in [0.1, 0.15) is 18.4 Å². The van der Waals surface area contributed by atoms with Crippen molar-refractivity contribution in [2.24, 2.45) is 0 Å². The highest BCUT2D eigenvalue weighted by Gasteiger charge is 2.35. The molecule has 0 bridgehead atoms. The zero-order valence-electron chi connectivity index (χ0n) is 26.1. The second-order valence-electron chi connectivity index (χ2n) is 11.6. The van der Waals surface area contributed by atoms with E-state index in [1.807, 2.05) is 70.2 Å². The molecule has 0 aliphatic carbocycles. The molecular weight excluding hydrogens is 589 g/mol. The molecule has 236 valence electrons. The van der Waals surface area contributed by atoms with E-state index in [9.17, 15) is 18.0 Å². The molecule has 0 saturated heterocycles. The lowest BCUT2D eigenvalue weighted by atomic mass is 10.0. The molecule has 1 atom stereocenters.